The Morgan fingerprint density at radius 2 is 2.12 bits per heavy atom. The van der Waals surface area contributed by atoms with Gasteiger partial charge in [0.05, 0.1) is 6.20 Å². The van der Waals surface area contributed by atoms with Crippen LogP contribution in [0.15, 0.2) is 18.3 Å². The van der Waals surface area contributed by atoms with Gasteiger partial charge in [0.15, 0.2) is 0 Å². The topological polar surface area (TPSA) is 55.3 Å². The summed E-state index contributed by atoms with van der Waals surface area (Å²) in [4.78, 5) is 14.8. The van der Waals surface area contributed by atoms with Crippen LogP contribution in [-0.2, 0) is 0 Å². The smallest absolute Gasteiger partial charge is 0.315 e. The Labute approximate surface area is 102 Å². The minimum absolute atomic E-state index is 0.112. The summed E-state index contributed by atoms with van der Waals surface area (Å²) in [6.45, 7) is 2.00. The Morgan fingerprint density at radius 1 is 1.35 bits per heavy atom. The van der Waals surface area contributed by atoms with E-state index in [1.807, 2.05) is 25.3 Å². The maximum Gasteiger partial charge on any atom is 0.406 e. The Kier molecular flexibility index (Phi) is 3.96. The lowest BCUT2D eigenvalue weighted by molar-refractivity contribution is -0.360. The van der Waals surface area contributed by atoms with E-state index in [4.69, 9.17) is 0 Å². The van der Waals surface area contributed by atoms with Crippen molar-refractivity contribution in [2.24, 2.45) is 0 Å². The zero-order valence-corrected chi connectivity index (χ0v) is 10.3. The lowest BCUT2D eigenvalue weighted by atomic mass is 9.96. The molecule has 0 spiro atoms. The zero-order chi connectivity index (χ0) is 12.1. The quantitative estimate of drug-likeness (QED) is 0.810. The number of urea groups is 1. The number of aromatic amines is 1. The fourth-order valence-corrected chi connectivity index (χ4v) is 2.24. The van der Waals surface area contributed by atoms with Crippen molar-refractivity contribution in [3.8, 4) is 0 Å². The molecule has 3 N–H and O–H groups in total. The molecule has 1 heterocycles. The molecule has 0 radical (unpaired) electrons. The molecular weight excluding hydrogens is 214 g/mol. The van der Waals surface area contributed by atoms with Crippen LogP contribution >= 0.6 is 0 Å². The van der Waals surface area contributed by atoms with Gasteiger partial charge in [-0.25, -0.2) is 9.78 Å². The van der Waals surface area contributed by atoms with E-state index in [0.717, 1.165) is 24.2 Å². The van der Waals surface area contributed by atoms with E-state index in [1.54, 1.807) is 0 Å². The second-order valence-electron chi connectivity index (χ2n) is 4.71. The van der Waals surface area contributed by atoms with Gasteiger partial charge in [-0.3, -0.25) is 0 Å². The standard InChI is InChI=1S/C13H19N3O/c1-10-7-8-14-12(9-10)16-13(17)15-11-5-3-2-4-6-11/h7-9,11H,2-6H2,1H3,(H2,14,15,16,17)/p+1. The number of carbonyl (C=O) groups excluding carboxylic acids is 1. The highest BCUT2D eigenvalue weighted by Gasteiger charge is 2.18. The third-order valence-corrected chi connectivity index (χ3v) is 3.15. The molecule has 1 aromatic rings. The minimum atomic E-state index is -0.112. The highest BCUT2D eigenvalue weighted by molar-refractivity contribution is 5.87. The van der Waals surface area contributed by atoms with E-state index in [2.05, 4.69) is 15.6 Å². The van der Waals surface area contributed by atoms with Crippen molar-refractivity contribution in [3.63, 3.8) is 0 Å². The monoisotopic (exact) mass is 234 g/mol. The van der Waals surface area contributed by atoms with Gasteiger partial charge in [-0.15, -0.1) is 0 Å². The molecule has 1 aliphatic carbocycles. The first-order valence-corrected chi connectivity index (χ1v) is 6.30. The van der Waals surface area contributed by atoms with E-state index in [-0.39, 0.29) is 6.03 Å². The van der Waals surface area contributed by atoms with E-state index < -0.39 is 0 Å². The van der Waals surface area contributed by atoms with Gasteiger partial charge < -0.3 is 5.32 Å². The molecule has 0 bridgehead atoms. The lowest BCUT2D eigenvalue weighted by Gasteiger charge is -2.21. The first-order valence-electron chi connectivity index (χ1n) is 6.30. The molecule has 1 saturated carbocycles. The number of hydrogen-bond acceptors (Lipinski definition) is 1. The molecule has 1 fully saturated rings. The molecule has 92 valence electrons. The zero-order valence-electron chi connectivity index (χ0n) is 10.3. The largest absolute Gasteiger partial charge is 0.406 e. The van der Waals surface area contributed by atoms with Crippen molar-refractivity contribution in [2.75, 3.05) is 5.32 Å². The number of aromatic nitrogens is 1. The maximum absolute atomic E-state index is 11.7. The second kappa shape index (κ2) is 5.66. The van der Waals surface area contributed by atoms with Crippen molar-refractivity contribution in [1.82, 2.24) is 5.32 Å². The van der Waals surface area contributed by atoms with E-state index >= 15 is 0 Å². The van der Waals surface area contributed by atoms with Gasteiger partial charge in [0, 0.05) is 12.1 Å². The van der Waals surface area contributed by atoms with Gasteiger partial charge in [0.1, 0.15) is 0 Å². The molecule has 1 aliphatic rings. The van der Waals surface area contributed by atoms with Crippen LogP contribution in [0.25, 0.3) is 0 Å². The molecule has 0 saturated heterocycles. The van der Waals surface area contributed by atoms with Gasteiger partial charge in [-0.1, -0.05) is 19.3 Å². The first-order chi connectivity index (χ1) is 8.24. The van der Waals surface area contributed by atoms with Crippen molar-refractivity contribution in [3.05, 3.63) is 23.9 Å². The van der Waals surface area contributed by atoms with Crippen LogP contribution < -0.4 is 15.6 Å². The van der Waals surface area contributed by atoms with Crippen molar-refractivity contribution >= 4 is 11.8 Å². The average molecular weight is 234 g/mol. The number of carbonyl (C=O) groups is 1. The second-order valence-corrected chi connectivity index (χ2v) is 4.71. The molecule has 0 unspecified atom stereocenters. The summed E-state index contributed by atoms with van der Waals surface area (Å²) >= 11 is 0. The van der Waals surface area contributed by atoms with Gasteiger partial charge in [-0.05, 0) is 31.4 Å². The van der Waals surface area contributed by atoms with Gasteiger partial charge in [-0.2, -0.15) is 5.32 Å². The van der Waals surface area contributed by atoms with Crippen LogP contribution in [0.4, 0.5) is 10.6 Å². The van der Waals surface area contributed by atoms with E-state index in [1.165, 1.54) is 19.3 Å². The SMILES string of the molecule is Cc1cc[nH+]c(NC(=O)NC2CCCCC2)c1. The number of H-pyrrole nitrogens is 1. The molecule has 4 heteroatoms. The Bertz CT molecular complexity index is 386. The number of aryl methyl sites for hydroxylation is 1. The minimum Gasteiger partial charge on any atom is -0.315 e. The number of rotatable bonds is 2. The summed E-state index contributed by atoms with van der Waals surface area (Å²) in [5, 5.41) is 5.84. The summed E-state index contributed by atoms with van der Waals surface area (Å²) in [7, 11) is 0. The predicted molar refractivity (Wildman–Crippen MR) is 66.8 cm³/mol. The van der Waals surface area contributed by atoms with Crippen LogP contribution in [0.2, 0.25) is 0 Å². The highest BCUT2D eigenvalue weighted by Crippen LogP contribution is 2.17. The summed E-state index contributed by atoms with van der Waals surface area (Å²) in [5.74, 6) is 0.735. The molecule has 2 rings (SSSR count). The van der Waals surface area contributed by atoms with Crippen LogP contribution in [-0.4, -0.2) is 12.1 Å². The molecule has 17 heavy (non-hydrogen) atoms. The van der Waals surface area contributed by atoms with Crippen molar-refractivity contribution in [1.29, 1.82) is 0 Å². The molecule has 1 aromatic heterocycles. The Hall–Kier alpha value is -1.58. The predicted octanol–water partition coefficient (Wildman–Crippen LogP) is 2.26. The first kappa shape index (κ1) is 11.9. The number of pyridine rings is 1. The molecule has 2 amide bonds. The molecule has 0 aromatic carbocycles. The average Bonchev–Trinajstić information content (AvgIpc) is 2.30. The summed E-state index contributed by atoms with van der Waals surface area (Å²) in [6, 6.07) is 4.11. The molecular formula is C13H20N3O+. The summed E-state index contributed by atoms with van der Waals surface area (Å²) in [5.41, 5.74) is 1.12. The van der Waals surface area contributed by atoms with Gasteiger partial charge in [0.2, 0.25) is 0 Å². The van der Waals surface area contributed by atoms with Crippen LogP contribution in [0, 0.1) is 6.92 Å². The van der Waals surface area contributed by atoms with E-state index in [0.29, 0.717) is 6.04 Å². The summed E-state index contributed by atoms with van der Waals surface area (Å²) in [6.07, 6.45) is 7.77. The van der Waals surface area contributed by atoms with Crippen LogP contribution in [0.3, 0.4) is 0 Å². The Morgan fingerprint density at radius 3 is 2.82 bits per heavy atom. The number of nitrogens with one attached hydrogen (secondary N) is 3. The number of amides is 2. The number of anilines is 1. The van der Waals surface area contributed by atoms with Crippen molar-refractivity contribution in [2.45, 2.75) is 45.1 Å². The Balaban J connectivity index is 1.84. The van der Waals surface area contributed by atoms with Gasteiger partial charge in [0.25, 0.3) is 5.82 Å². The molecule has 0 atom stereocenters. The third kappa shape index (κ3) is 3.73. The molecule has 4 nitrogen and oxygen atoms in total. The van der Waals surface area contributed by atoms with Crippen molar-refractivity contribution < 1.29 is 9.78 Å². The fourth-order valence-electron chi connectivity index (χ4n) is 2.24. The van der Waals surface area contributed by atoms with Gasteiger partial charge >= 0.3 is 6.03 Å². The van der Waals surface area contributed by atoms with E-state index in [9.17, 15) is 4.79 Å². The highest BCUT2D eigenvalue weighted by atomic mass is 16.2. The lowest BCUT2D eigenvalue weighted by Crippen LogP contribution is -2.39. The maximum atomic E-state index is 11.7. The fraction of sp³-hybridized carbons (Fsp3) is 0.538. The normalized spacial score (nSPS) is 16.5. The summed E-state index contributed by atoms with van der Waals surface area (Å²) < 4.78 is 0. The third-order valence-electron chi connectivity index (χ3n) is 3.15. The number of hydrogen-bond donors (Lipinski definition) is 2. The van der Waals surface area contributed by atoms with Crippen LogP contribution in [0.5, 0.6) is 0 Å². The van der Waals surface area contributed by atoms with Crippen LogP contribution in [0.1, 0.15) is 37.7 Å². The molecule has 0 aliphatic heterocycles.